The van der Waals surface area contributed by atoms with Crippen molar-refractivity contribution in [3.8, 4) is 0 Å². The molecule has 0 aromatic carbocycles. The van der Waals surface area contributed by atoms with Crippen LogP contribution in [-0.4, -0.2) is 74.2 Å². The molecule has 3 atom stereocenters. The van der Waals surface area contributed by atoms with Crippen LogP contribution in [0.3, 0.4) is 0 Å². The summed E-state index contributed by atoms with van der Waals surface area (Å²) in [6.45, 7) is 0.312. The lowest BCUT2D eigenvalue weighted by Gasteiger charge is -2.29. The van der Waals surface area contributed by atoms with E-state index < -0.39 is 41.8 Å². The number of carboxylic acid groups (broad SMARTS) is 1. The maximum absolute atomic E-state index is 13.5. The van der Waals surface area contributed by atoms with E-state index in [1.165, 1.54) is 11.2 Å². The third-order valence-corrected chi connectivity index (χ3v) is 6.65. The molecular formula is C23H34N6O6. The molecule has 0 spiro atoms. The molecular weight excluding hydrogens is 456 g/mol. The minimum Gasteiger partial charge on any atom is -0.481 e. The lowest BCUT2D eigenvalue weighted by atomic mass is 9.88. The number of aliphatic carboxylic acids is 1. The maximum atomic E-state index is 13.5. The van der Waals surface area contributed by atoms with Crippen molar-refractivity contribution in [1.29, 1.82) is 0 Å². The standard InChI is InChI=1S/C23H34N6O6/c24-16(8-9-19(30)31)21(33)27-17(11-15-12-25-13-26-15)23(35)29-10-4-7-18(29)22(34)28-20(32)14-5-2-1-3-6-14/h12-14,16-18H,1-11,24H2,(H,25,26)(H,27,33)(H,30,31)(H,28,32,34)/t16-,17-,18-/m0/s1. The lowest BCUT2D eigenvalue weighted by Crippen LogP contribution is -2.57. The van der Waals surface area contributed by atoms with Crippen molar-refractivity contribution in [3.63, 3.8) is 0 Å². The third-order valence-electron chi connectivity index (χ3n) is 6.65. The molecule has 35 heavy (non-hydrogen) atoms. The van der Waals surface area contributed by atoms with Crippen molar-refractivity contribution in [2.75, 3.05) is 6.54 Å². The third kappa shape index (κ3) is 7.35. The fourth-order valence-electron chi connectivity index (χ4n) is 4.68. The first-order valence-electron chi connectivity index (χ1n) is 12.2. The van der Waals surface area contributed by atoms with E-state index in [1.807, 2.05) is 0 Å². The molecule has 1 aliphatic heterocycles. The van der Waals surface area contributed by atoms with E-state index in [0.29, 0.717) is 25.1 Å². The number of carbonyl (C=O) groups excluding carboxylic acids is 4. The molecule has 0 radical (unpaired) electrons. The molecule has 1 aliphatic carbocycles. The molecule has 3 rings (SSSR count). The highest BCUT2D eigenvalue weighted by Crippen LogP contribution is 2.24. The first-order chi connectivity index (χ1) is 16.8. The van der Waals surface area contributed by atoms with Gasteiger partial charge in [0.2, 0.25) is 23.6 Å². The molecule has 1 saturated heterocycles. The van der Waals surface area contributed by atoms with Crippen LogP contribution in [-0.2, 0) is 30.4 Å². The number of amides is 4. The zero-order valence-electron chi connectivity index (χ0n) is 19.7. The second kappa shape index (κ2) is 12.4. The van der Waals surface area contributed by atoms with Crippen molar-refractivity contribution in [3.05, 3.63) is 18.2 Å². The van der Waals surface area contributed by atoms with Gasteiger partial charge in [-0.2, -0.15) is 0 Å². The Morgan fingerprint density at radius 1 is 1.11 bits per heavy atom. The molecule has 6 N–H and O–H groups in total. The van der Waals surface area contributed by atoms with E-state index in [1.54, 1.807) is 6.20 Å². The Morgan fingerprint density at radius 3 is 2.51 bits per heavy atom. The number of aromatic nitrogens is 2. The van der Waals surface area contributed by atoms with Gasteiger partial charge >= 0.3 is 5.97 Å². The van der Waals surface area contributed by atoms with Gasteiger partial charge < -0.3 is 26.0 Å². The summed E-state index contributed by atoms with van der Waals surface area (Å²) in [5.41, 5.74) is 6.34. The van der Waals surface area contributed by atoms with Gasteiger partial charge in [0, 0.05) is 31.5 Å². The zero-order chi connectivity index (χ0) is 25.4. The van der Waals surface area contributed by atoms with Gasteiger partial charge in [0.25, 0.3) is 0 Å². The van der Waals surface area contributed by atoms with Crippen LogP contribution in [0.25, 0.3) is 0 Å². The number of H-pyrrole nitrogens is 1. The maximum Gasteiger partial charge on any atom is 0.303 e. The summed E-state index contributed by atoms with van der Waals surface area (Å²) < 4.78 is 0. The molecule has 192 valence electrons. The van der Waals surface area contributed by atoms with Gasteiger partial charge in [-0.15, -0.1) is 0 Å². The van der Waals surface area contributed by atoms with Crippen LogP contribution < -0.4 is 16.4 Å². The first-order valence-corrected chi connectivity index (χ1v) is 12.2. The Bertz CT molecular complexity index is 914. The number of hydrogen-bond acceptors (Lipinski definition) is 7. The normalized spacial score (nSPS) is 20.1. The molecule has 0 bridgehead atoms. The molecule has 1 aromatic heterocycles. The van der Waals surface area contributed by atoms with Crippen LogP contribution in [0.2, 0.25) is 0 Å². The highest BCUT2D eigenvalue weighted by atomic mass is 16.4. The zero-order valence-corrected chi connectivity index (χ0v) is 19.7. The van der Waals surface area contributed by atoms with Gasteiger partial charge in [-0.05, 0) is 32.1 Å². The summed E-state index contributed by atoms with van der Waals surface area (Å²) in [6, 6.07) is -2.97. The van der Waals surface area contributed by atoms with Crippen molar-refractivity contribution in [2.45, 2.75) is 82.3 Å². The monoisotopic (exact) mass is 490 g/mol. The van der Waals surface area contributed by atoms with Crippen molar-refractivity contribution in [1.82, 2.24) is 25.5 Å². The van der Waals surface area contributed by atoms with Gasteiger partial charge in [-0.25, -0.2) is 4.98 Å². The quantitative estimate of drug-likeness (QED) is 0.280. The number of aromatic amines is 1. The minimum absolute atomic E-state index is 0.0611. The van der Waals surface area contributed by atoms with Crippen LogP contribution in [0.15, 0.2) is 12.5 Å². The first kappa shape index (κ1) is 26.3. The predicted molar refractivity (Wildman–Crippen MR) is 124 cm³/mol. The summed E-state index contributed by atoms with van der Waals surface area (Å²) in [7, 11) is 0. The Kier molecular flexibility index (Phi) is 9.35. The highest BCUT2D eigenvalue weighted by Gasteiger charge is 2.39. The number of imide groups is 1. The second-order valence-corrected chi connectivity index (χ2v) is 9.24. The van der Waals surface area contributed by atoms with Crippen molar-refractivity contribution < 1.29 is 29.1 Å². The fraction of sp³-hybridized carbons (Fsp3) is 0.652. The summed E-state index contributed by atoms with van der Waals surface area (Å²) >= 11 is 0. The van der Waals surface area contributed by atoms with Gasteiger partial charge in [0.1, 0.15) is 12.1 Å². The summed E-state index contributed by atoms with van der Waals surface area (Å²) in [5, 5.41) is 13.9. The number of rotatable bonds is 10. The number of carboxylic acids is 1. The topological polar surface area (TPSA) is 188 Å². The molecule has 12 nitrogen and oxygen atoms in total. The summed E-state index contributed by atoms with van der Waals surface area (Å²) in [4.78, 5) is 70.6. The van der Waals surface area contributed by atoms with E-state index in [-0.39, 0.29) is 31.1 Å². The largest absolute Gasteiger partial charge is 0.481 e. The van der Waals surface area contributed by atoms with Gasteiger partial charge in [0.05, 0.1) is 18.1 Å². The van der Waals surface area contributed by atoms with Gasteiger partial charge in [0.15, 0.2) is 0 Å². The van der Waals surface area contributed by atoms with Crippen LogP contribution in [0, 0.1) is 5.92 Å². The second-order valence-electron chi connectivity index (χ2n) is 9.24. The molecule has 4 amide bonds. The number of hydrogen-bond donors (Lipinski definition) is 5. The number of likely N-dealkylation sites (tertiary alicyclic amines) is 1. The SMILES string of the molecule is N[C@@H](CCC(=O)O)C(=O)N[C@@H](Cc1c[nH]cn1)C(=O)N1CCC[C@H]1C(=O)NC(=O)C1CCCCC1. The van der Waals surface area contributed by atoms with Crippen molar-refractivity contribution >= 4 is 29.6 Å². The Hall–Kier alpha value is -3.28. The van der Waals surface area contributed by atoms with Crippen molar-refractivity contribution in [2.24, 2.45) is 11.7 Å². The average molecular weight is 491 g/mol. The van der Waals surface area contributed by atoms with Gasteiger partial charge in [-0.1, -0.05) is 19.3 Å². The number of carbonyl (C=O) groups is 5. The molecule has 2 aliphatic rings. The number of nitrogens with two attached hydrogens (primary N) is 1. The van der Waals surface area contributed by atoms with E-state index >= 15 is 0 Å². The van der Waals surface area contributed by atoms with Crippen LogP contribution >= 0.6 is 0 Å². The molecule has 1 saturated carbocycles. The smallest absolute Gasteiger partial charge is 0.303 e. The molecule has 2 fully saturated rings. The van der Waals surface area contributed by atoms with Crippen LogP contribution in [0.1, 0.15) is 63.5 Å². The number of imidazole rings is 1. The number of nitrogens with zero attached hydrogens (tertiary/aromatic N) is 2. The highest BCUT2D eigenvalue weighted by molar-refractivity contribution is 6.01. The number of nitrogens with one attached hydrogen (secondary N) is 3. The van der Waals surface area contributed by atoms with E-state index in [2.05, 4.69) is 20.6 Å². The summed E-state index contributed by atoms with van der Waals surface area (Å²) in [6.07, 6.45) is 8.26. The Morgan fingerprint density at radius 2 is 1.86 bits per heavy atom. The minimum atomic E-state index is -1.11. The van der Waals surface area contributed by atoms with Crippen LogP contribution in [0.4, 0.5) is 0 Å². The fourth-order valence-corrected chi connectivity index (χ4v) is 4.68. The Balaban J connectivity index is 1.67. The van der Waals surface area contributed by atoms with Gasteiger partial charge in [-0.3, -0.25) is 29.3 Å². The lowest BCUT2D eigenvalue weighted by molar-refractivity contribution is -0.143. The predicted octanol–water partition coefficient (Wildman–Crippen LogP) is -0.157. The van der Waals surface area contributed by atoms with Crippen LogP contribution in [0.5, 0.6) is 0 Å². The Labute approximate surface area is 203 Å². The van der Waals surface area contributed by atoms with E-state index in [0.717, 1.165) is 32.1 Å². The molecule has 12 heteroatoms. The van der Waals surface area contributed by atoms with E-state index in [9.17, 15) is 24.0 Å². The average Bonchev–Trinajstić information content (AvgIpc) is 3.54. The molecule has 0 unspecified atom stereocenters. The molecule has 1 aromatic rings. The molecule has 2 heterocycles. The van der Waals surface area contributed by atoms with E-state index in [4.69, 9.17) is 10.8 Å². The summed E-state index contributed by atoms with van der Waals surface area (Å²) in [5.74, 6) is -3.19.